The molecule has 0 atom stereocenters. The van der Waals surface area contributed by atoms with Gasteiger partial charge >= 0.3 is 6.18 Å². The minimum Gasteiger partial charge on any atom is -0.459 e. The SMILES string of the molecule is COCC(=O)Nc1ccc(NC(=O)c2ccco2)cc1C(F)(F)F. The fraction of sp³-hybridized carbons (Fsp3) is 0.200. The van der Waals surface area contributed by atoms with E-state index in [1.807, 2.05) is 0 Å². The van der Waals surface area contributed by atoms with E-state index in [9.17, 15) is 22.8 Å². The van der Waals surface area contributed by atoms with Gasteiger partial charge in [0, 0.05) is 12.8 Å². The molecule has 0 bridgehead atoms. The lowest BCUT2D eigenvalue weighted by Crippen LogP contribution is -2.20. The Hall–Kier alpha value is -2.81. The Balaban J connectivity index is 2.26. The minimum atomic E-state index is -4.72. The summed E-state index contributed by atoms with van der Waals surface area (Å²) in [5.74, 6) is -1.46. The van der Waals surface area contributed by atoms with Gasteiger partial charge in [-0.05, 0) is 30.3 Å². The summed E-state index contributed by atoms with van der Waals surface area (Å²) >= 11 is 0. The van der Waals surface area contributed by atoms with Crippen molar-refractivity contribution in [3.05, 3.63) is 47.9 Å². The van der Waals surface area contributed by atoms with Gasteiger partial charge in [-0.15, -0.1) is 0 Å². The number of carbonyl (C=O) groups is 2. The lowest BCUT2D eigenvalue weighted by atomic mass is 10.1. The summed E-state index contributed by atoms with van der Waals surface area (Å²) < 4.78 is 48.9. The number of anilines is 2. The second kappa shape index (κ2) is 7.18. The number of hydrogen-bond acceptors (Lipinski definition) is 4. The van der Waals surface area contributed by atoms with Crippen molar-refractivity contribution < 1.29 is 31.9 Å². The summed E-state index contributed by atoms with van der Waals surface area (Å²) in [5, 5.41) is 4.40. The molecule has 2 aromatic rings. The first-order chi connectivity index (χ1) is 11.3. The maximum absolute atomic E-state index is 13.2. The third-order valence-electron chi connectivity index (χ3n) is 2.88. The maximum Gasteiger partial charge on any atom is 0.418 e. The molecule has 2 N–H and O–H groups in total. The number of hydrogen-bond donors (Lipinski definition) is 2. The molecule has 0 spiro atoms. The zero-order valence-electron chi connectivity index (χ0n) is 12.4. The van der Waals surface area contributed by atoms with Crippen molar-refractivity contribution in [2.75, 3.05) is 24.4 Å². The number of carbonyl (C=O) groups excluding carboxylic acids is 2. The van der Waals surface area contributed by atoms with Crippen molar-refractivity contribution in [1.82, 2.24) is 0 Å². The van der Waals surface area contributed by atoms with E-state index in [-0.39, 0.29) is 18.1 Å². The first kappa shape index (κ1) is 17.5. The van der Waals surface area contributed by atoms with Crippen LogP contribution in [0.1, 0.15) is 16.1 Å². The Bertz CT molecular complexity index is 727. The molecule has 2 rings (SSSR count). The second-order valence-corrected chi connectivity index (χ2v) is 4.67. The van der Waals surface area contributed by atoms with Gasteiger partial charge in [0.25, 0.3) is 5.91 Å². The molecule has 0 aliphatic carbocycles. The van der Waals surface area contributed by atoms with Crippen molar-refractivity contribution >= 4 is 23.2 Å². The van der Waals surface area contributed by atoms with Crippen molar-refractivity contribution in [2.45, 2.75) is 6.18 Å². The monoisotopic (exact) mass is 342 g/mol. The van der Waals surface area contributed by atoms with Crippen LogP contribution in [-0.4, -0.2) is 25.5 Å². The summed E-state index contributed by atoms with van der Waals surface area (Å²) in [6, 6.07) is 5.86. The third kappa shape index (κ3) is 4.35. The normalized spacial score (nSPS) is 11.2. The maximum atomic E-state index is 13.2. The average Bonchev–Trinajstić information content (AvgIpc) is 3.02. The molecule has 0 aliphatic rings. The molecule has 0 fully saturated rings. The van der Waals surface area contributed by atoms with Gasteiger partial charge in [0.2, 0.25) is 5.91 Å². The molecular formula is C15H13F3N2O4. The van der Waals surface area contributed by atoms with Crippen LogP contribution in [0, 0.1) is 0 Å². The van der Waals surface area contributed by atoms with E-state index in [2.05, 4.69) is 15.4 Å². The van der Waals surface area contributed by atoms with Gasteiger partial charge in [-0.25, -0.2) is 0 Å². The minimum absolute atomic E-state index is 0.0407. The van der Waals surface area contributed by atoms with Gasteiger partial charge in [-0.1, -0.05) is 0 Å². The molecule has 0 saturated heterocycles. The molecule has 24 heavy (non-hydrogen) atoms. The van der Waals surface area contributed by atoms with Crippen LogP contribution in [0.5, 0.6) is 0 Å². The van der Waals surface area contributed by atoms with Gasteiger partial charge in [-0.2, -0.15) is 13.2 Å². The average molecular weight is 342 g/mol. The fourth-order valence-electron chi connectivity index (χ4n) is 1.88. The summed E-state index contributed by atoms with van der Waals surface area (Å²) in [7, 11) is 1.25. The van der Waals surface area contributed by atoms with Crippen LogP contribution < -0.4 is 10.6 Å². The van der Waals surface area contributed by atoms with Crippen molar-refractivity contribution in [2.24, 2.45) is 0 Å². The summed E-state index contributed by atoms with van der Waals surface area (Å²) in [6.07, 6.45) is -3.45. The van der Waals surface area contributed by atoms with Gasteiger partial charge in [0.15, 0.2) is 5.76 Å². The van der Waals surface area contributed by atoms with Gasteiger partial charge in [-0.3, -0.25) is 9.59 Å². The number of rotatable bonds is 5. The van der Waals surface area contributed by atoms with Crippen LogP contribution >= 0.6 is 0 Å². The van der Waals surface area contributed by atoms with Crippen LogP contribution in [0.4, 0.5) is 24.5 Å². The van der Waals surface area contributed by atoms with E-state index >= 15 is 0 Å². The lowest BCUT2D eigenvalue weighted by molar-refractivity contribution is -0.137. The van der Waals surface area contributed by atoms with Crippen LogP contribution in [-0.2, 0) is 15.7 Å². The first-order valence-electron chi connectivity index (χ1n) is 6.66. The highest BCUT2D eigenvalue weighted by molar-refractivity contribution is 6.02. The fourth-order valence-corrected chi connectivity index (χ4v) is 1.88. The standard InChI is InChI=1S/C15H13F3N2O4/c1-23-8-13(21)20-11-5-4-9(7-10(11)15(16,17)18)19-14(22)12-3-2-6-24-12/h2-7H,8H2,1H3,(H,19,22)(H,20,21). The zero-order chi connectivity index (χ0) is 17.7. The van der Waals surface area contributed by atoms with E-state index in [0.717, 1.165) is 12.1 Å². The molecule has 2 amide bonds. The zero-order valence-corrected chi connectivity index (χ0v) is 12.4. The highest BCUT2D eigenvalue weighted by Gasteiger charge is 2.34. The Morgan fingerprint density at radius 2 is 1.96 bits per heavy atom. The number of amides is 2. The number of nitrogens with one attached hydrogen (secondary N) is 2. The summed E-state index contributed by atoms with van der Waals surface area (Å²) in [6.45, 7) is -0.381. The molecule has 1 aromatic heterocycles. The molecule has 6 nitrogen and oxygen atoms in total. The smallest absolute Gasteiger partial charge is 0.418 e. The molecule has 0 saturated carbocycles. The Kier molecular flexibility index (Phi) is 5.24. The van der Waals surface area contributed by atoms with E-state index in [0.29, 0.717) is 0 Å². The van der Waals surface area contributed by atoms with Crippen molar-refractivity contribution in [1.29, 1.82) is 0 Å². The number of benzene rings is 1. The Labute approximate surface area is 134 Å². The molecule has 0 radical (unpaired) electrons. The predicted octanol–water partition coefficient (Wildman–Crippen LogP) is 3.14. The second-order valence-electron chi connectivity index (χ2n) is 4.67. The van der Waals surface area contributed by atoms with Crippen molar-refractivity contribution in [3.8, 4) is 0 Å². The van der Waals surface area contributed by atoms with Gasteiger partial charge < -0.3 is 19.8 Å². The number of furan rings is 1. The number of ether oxygens (including phenoxy) is 1. The van der Waals surface area contributed by atoms with Crippen LogP contribution in [0.15, 0.2) is 41.0 Å². The largest absolute Gasteiger partial charge is 0.459 e. The Morgan fingerprint density at radius 1 is 1.21 bits per heavy atom. The lowest BCUT2D eigenvalue weighted by Gasteiger charge is -2.15. The molecule has 9 heteroatoms. The summed E-state index contributed by atoms with van der Waals surface area (Å²) in [5.41, 5.74) is -1.61. The molecule has 1 aromatic carbocycles. The van der Waals surface area contributed by atoms with E-state index in [1.165, 1.54) is 31.6 Å². The van der Waals surface area contributed by atoms with E-state index < -0.39 is 29.2 Å². The molecular weight excluding hydrogens is 329 g/mol. The van der Waals surface area contributed by atoms with E-state index in [1.54, 1.807) is 0 Å². The molecule has 0 aliphatic heterocycles. The van der Waals surface area contributed by atoms with Crippen LogP contribution in [0.3, 0.4) is 0 Å². The quantitative estimate of drug-likeness (QED) is 0.875. The highest BCUT2D eigenvalue weighted by atomic mass is 19.4. The number of halogens is 3. The molecule has 1 heterocycles. The highest BCUT2D eigenvalue weighted by Crippen LogP contribution is 2.36. The molecule has 0 unspecified atom stereocenters. The third-order valence-corrected chi connectivity index (χ3v) is 2.88. The van der Waals surface area contributed by atoms with Gasteiger partial charge in [0.1, 0.15) is 6.61 Å². The summed E-state index contributed by atoms with van der Waals surface area (Å²) in [4.78, 5) is 23.2. The topological polar surface area (TPSA) is 80.6 Å². The van der Waals surface area contributed by atoms with Crippen LogP contribution in [0.2, 0.25) is 0 Å². The first-order valence-corrected chi connectivity index (χ1v) is 6.66. The van der Waals surface area contributed by atoms with E-state index in [4.69, 9.17) is 4.42 Å². The molecule has 128 valence electrons. The number of methoxy groups -OCH3 is 1. The predicted molar refractivity (Wildman–Crippen MR) is 78.6 cm³/mol. The number of alkyl halides is 3. The van der Waals surface area contributed by atoms with Crippen LogP contribution in [0.25, 0.3) is 0 Å². The Morgan fingerprint density at radius 3 is 2.54 bits per heavy atom. The van der Waals surface area contributed by atoms with Gasteiger partial charge in [0.05, 0.1) is 17.5 Å². The van der Waals surface area contributed by atoms with Crippen molar-refractivity contribution in [3.63, 3.8) is 0 Å².